The van der Waals surface area contributed by atoms with Gasteiger partial charge in [0.1, 0.15) is 6.54 Å². The molecular formula is C16H30F3IN4O. The Bertz CT molecular complexity index is 430. The van der Waals surface area contributed by atoms with E-state index in [1.165, 1.54) is 4.90 Å². The maximum atomic E-state index is 12.9. The minimum absolute atomic E-state index is 0. The van der Waals surface area contributed by atoms with E-state index in [1.54, 1.807) is 14.1 Å². The van der Waals surface area contributed by atoms with Crippen LogP contribution in [-0.2, 0) is 4.79 Å². The average Bonchev–Trinajstić information content (AvgIpc) is 2.51. The molecular weight excluding hydrogens is 448 g/mol. The summed E-state index contributed by atoms with van der Waals surface area (Å²) in [6.07, 6.45) is -0.748. The standard InChI is InChI=1S/C16H29F3N4O.HI/c1-4-5-9-20-15(21-11-14(24)23(2)3)22-13-8-6-7-12(10-13)16(17,18)19;/h12-13H,4-11H2,1-3H3,(H2,20,21,22);1H. The molecule has 25 heavy (non-hydrogen) atoms. The van der Waals surface area contributed by atoms with Crippen LogP contribution in [0.15, 0.2) is 4.99 Å². The van der Waals surface area contributed by atoms with E-state index in [0.717, 1.165) is 12.8 Å². The van der Waals surface area contributed by atoms with Crippen LogP contribution in [0.5, 0.6) is 0 Å². The Hall–Kier alpha value is -0.740. The Kier molecular flexibility index (Phi) is 11.4. The van der Waals surface area contributed by atoms with Crippen LogP contribution in [0.1, 0.15) is 45.4 Å². The largest absolute Gasteiger partial charge is 0.391 e. The van der Waals surface area contributed by atoms with Crippen molar-refractivity contribution >= 4 is 35.8 Å². The molecule has 1 fully saturated rings. The van der Waals surface area contributed by atoms with Gasteiger partial charge in [0.25, 0.3) is 0 Å². The lowest BCUT2D eigenvalue weighted by atomic mass is 9.85. The summed E-state index contributed by atoms with van der Waals surface area (Å²) < 4.78 is 38.8. The predicted molar refractivity (Wildman–Crippen MR) is 104 cm³/mol. The van der Waals surface area contributed by atoms with Crippen LogP contribution in [-0.4, -0.2) is 56.2 Å². The minimum atomic E-state index is -4.14. The highest BCUT2D eigenvalue weighted by molar-refractivity contribution is 14.0. The Morgan fingerprint density at radius 3 is 2.52 bits per heavy atom. The lowest BCUT2D eigenvalue weighted by Gasteiger charge is -2.32. The second kappa shape index (κ2) is 11.8. The summed E-state index contributed by atoms with van der Waals surface area (Å²) >= 11 is 0. The number of hydrogen-bond donors (Lipinski definition) is 2. The first-order valence-electron chi connectivity index (χ1n) is 8.55. The fourth-order valence-electron chi connectivity index (χ4n) is 2.64. The molecule has 0 aromatic carbocycles. The second-order valence-corrected chi connectivity index (χ2v) is 6.48. The van der Waals surface area contributed by atoms with Gasteiger partial charge in [-0.15, -0.1) is 24.0 Å². The molecule has 1 rings (SSSR count). The number of alkyl halides is 3. The van der Waals surface area contributed by atoms with Gasteiger partial charge in [0.15, 0.2) is 5.96 Å². The number of carbonyl (C=O) groups excluding carboxylic acids is 1. The zero-order valence-electron chi connectivity index (χ0n) is 15.2. The summed E-state index contributed by atoms with van der Waals surface area (Å²) in [5.41, 5.74) is 0. The molecule has 5 nitrogen and oxygen atoms in total. The third-order valence-corrected chi connectivity index (χ3v) is 4.17. The Labute approximate surface area is 165 Å². The Morgan fingerprint density at radius 2 is 1.96 bits per heavy atom. The number of halogens is 4. The van der Waals surface area contributed by atoms with Crippen molar-refractivity contribution in [2.24, 2.45) is 10.9 Å². The third-order valence-electron chi connectivity index (χ3n) is 4.17. The smallest absolute Gasteiger partial charge is 0.356 e. The zero-order valence-corrected chi connectivity index (χ0v) is 17.5. The molecule has 9 heteroatoms. The lowest BCUT2D eigenvalue weighted by molar-refractivity contribution is -0.183. The van der Waals surface area contributed by atoms with Crippen LogP contribution in [0.3, 0.4) is 0 Å². The van der Waals surface area contributed by atoms with E-state index in [9.17, 15) is 18.0 Å². The number of guanidine groups is 1. The van der Waals surface area contributed by atoms with Crippen molar-refractivity contribution < 1.29 is 18.0 Å². The molecule has 0 saturated heterocycles. The van der Waals surface area contributed by atoms with E-state index in [4.69, 9.17) is 0 Å². The summed E-state index contributed by atoms with van der Waals surface area (Å²) in [6.45, 7) is 2.70. The molecule has 0 aliphatic heterocycles. The van der Waals surface area contributed by atoms with Gasteiger partial charge in [0, 0.05) is 26.7 Å². The molecule has 0 aromatic rings. The highest BCUT2D eigenvalue weighted by atomic mass is 127. The topological polar surface area (TPSA) is 56.7 Å². The molecule has 148 valence electrons. The molecule has 0 bridgehead atoms. The summed E-state index contributed by atoms with van der Waals surface area (Å²) in [5.74, 6) is -0.987. The predicted octanol–water partition coefficient (Wildman–Crippen LogP) is 3.15. The van der Waals surface area contributed by atoms with E-state index in [-0.39, 0.29) is 55.3 Å². The number of aliphatic imine (C=N–C) groups is 1. The first-order chi connectivity index (χ1) is 11.2. The number of unbranched alkanes of at least 4 members (excludes halogenated alkanes) is 1. The molecule has 0 spiro atoms. The molecule has 1 saturated carbocycles. The fourth-order valence-corrected chi connectivity index (χ4v) is 2.64. The quantitative estimate of drug-likeness (QED) is 0.267. The molecule has 0 aromatic heterocycles. The molecule has 1 aliphatic rings. The van der Waals surface area contributed by atoms with Crippen LogP contribution in [0.2, 0.25) is 0 Å². The summed E-state index contributed by atoms with van der Waals surface area (Å²) in [5, 5.41) is 6.18. The summed E-state index contributed by atoms with van der Waals surface area (Å²) in [6, 6.07) is -0.271. The van der Waals surface area contributed by atoms with Crippen molar-refractivity contribution in [2.75, 3.05) is 27.2 Å². The van der Waals surface area contributed by atoms with Crippen molar-refractivity contribution in [3.05, 3.63) is 0 Å². The molecule has 0 radical (unpaired) electrons. The fraction of sp³-hybridized carbons (Fsp3) is 0.875. The molecule has 1 aliphatic carbocycles. The van der Waals surface area contributed by atoms with Crippen molar-refractivity contribution in [1.29, 1.82) is 0 Å². The maximum Gasteiger partial charge on any atom is 0.391 e. The minimum Gasteiger partial charge on any atom is -0.356 e. The van der Waals surface area contributed by atoms with Gasteiger partial charge in [-0.05, 0) is 25.7 Å². The van der Waals surface area contributed by atoms with Crippen LogP contribution in [0, 0.1) is 5.92 Å². The van der Waals surface area contributed by atoms with Gasteiger partial charge in [-0.25, -0.2) is 4.99 Å². The zero-order chi connectivity index (χ0) is 18.2. The lowest BCUT2D eigenvalue weighted by Crippen LogP contribution is -2.47. The molecule has 2 atom stereocenters. The van der Waals surface area contributed by atoms with E-state index in [2.05, 4.69) is 22.5 Å². The van der Waals surface area contributed by atoms with Crippen LogP contribution in [0.4, 0.5) is 13.2 Å². The van der Waals surface area contributed by atoms with Gasteiger partial charge in [-0.1, -0.05) is 19.8 Å². The highest BCUT2D eigenvalue weighted by Crippen LogP contribution is 2.37. The Morgan fingerprint density at radius 1 is 1.28 bits per heavy atom. The van der Waals surface area contributed by atoms with Crippen molar-refractivity contribution in [2.45, 2.75) is 57.7 Å². The number of carbonyl (C=O) groups is 1. The normalized spacial score (nSPS) is 21.3. The maximum absolute atomic E-state index is 12.9. The van der Waals surface area contributed by atoms with E-state index >= 15 is 0 Å². The summed E-state index contributed by atoms with van der Waals surface area (Å²) in [7, 11) is 3.29. The SMILES string of the molecule is CCCCNC(=NCC(=O)N(C)C)NC1CCCC(C(F)(F)F)C1.I. The van der Waals surface area contributed by atoms with Gasteiger partial charge in [0.2, 0.25) is 5.91 Å². The molecule has 2 N–H and O–H groups in total. The summed E-state index contributed by atoms with van der Waals surface area (Å²) in [4.78, 5) is 17.3. The number of nitrogens with one attached hydrogen (secondary N) is 2. The number of likely N-dealkylation sites (N-methyl/N-ethyl adjacent to an activating group) is 1. The third kappa shape index (κ3) is 9.50. The highest BCUT2D eigenvalue weighted by Gasteiger charge is 2.42. The van der Waals surface area contributed by atoms with Crippen LogP contribution < -0.4 is 10.6 Å². The first-order valence-corrected chi connectivity index (χ1v) is 8.55. The monoisotopic (exact) mass is 478 g/mol. The number of hydrogen-bond acceptors (Lipinski definition) is 2. The number of rotatable bonds is 6. The number of nitrogens with zero attached hydrogens (tertiary/aromatic N) is 2. The number of amides is 1. The van der Waals surface area contributed by atoms with Crippen LogP contribution >= 0.6 is 24.0 Å². The molecule has 0 heterocycles. The first kappa shape index (κ1) is 24.3. The van der Waals surface area contributed by atoms with Crippen molar-refractivity contribution in [3.63, 3.8) is 0 Å². The van der Waals surface area contributed by atoms with Gasteiger partial charge in [0.05, 0.1) is 5.92 Å². The van der Waals surface area contributed by atoms with Crippen LogP contribution in [0.25, 0.3) is 0 Å². The van der Waals surface area contributed by atoms with Gasteiger partial charge >= 0.3 is 6.18 Å². The molecule has 1 amide bonds. The van der Waals surface area contributed by atoms with E-state index < -0.39 is 12.1 Å². The Balaban J connectivity index is 0.00000576. The molecule has 2 unspecified atom stereocenters. The van der Waals surface area contributed by atoms with Gasteiger partial charge in [-0.2, -0.15) is 13.2 Å². The van der Waals surface area contributed by atoms with Crippen molar-refractivity contribution in [1.82, 2.24) is 15.5 Å². The average molecular weight is 478 g/mol. The van der Waals surface area contributed by atoms with Crippen molar-refractivity contribution in [3.8, 4) is 0 Å². The van der Waals surface area contributed by atoms with E-state index in [0.29, 0.717) is 25.3 Å². The second-order valence-electron chi connectivity index (χ2n) is 6.48. The van der Waals surface area contributed by atoms with Gasteiger partial charge < -0.3 is 15.5 Å². The van der Waals surface area contributed by atoms with E-state index in [1.807, 2.05) is 0 Å². The van der Waals surface area contributed by atoms with Gasteiger partial charge in [-0.3, -0.25) is 4.79 Å².